The Bertz CT molecular complexity index is 2610. The number of hydrogen-bond acceptors (Lipinski definition) is 17. The molecule has 0 aliphatic rings. The number of aromatic hydroxyl groups is 3. The van der Waals surface area contributed by atoms with Crippen molar-refractivity contribution in [3.63, 3.8) is 0 Å². The number of phenolic OH excluding ortho intramolecular Hbond substituents is 3. The number of nitrogens with one attached hydrogen (secondary N) is 8. The molecule has 416 valence electrons. The first-order valence-corrected chi connectivity index (χ1v) is 24.5. The highest BCUT2D eigenvalue weighted by molar-refractivity contribution is 7.98. The summed E-state index contributed by atoms with van der Waals surface area (Å²) in [4.78, 5) is 154. The number of hydrogen-bond donors (Lipinski definition) is 16. The van der Waals surface area contributed by atoms with E-state index in [0.717, 1.165) is 0 Å². The zero-order chi connectivity index (χ0) is 57.4. The topological polar surface area (TPSA) is 469 Å². The fraction of sp³-hybridized carbons (Fsp3) is 0.375. The quantitative estimate of drug-likeness (QED) is 0.0289. The fourth-order valence-electron chi connectivity index (χ4n) is 6.94. The Labute approximate surface area is 442 Å². The van der Waals surface area contributed by atoms with Crippen LogP contribution in [0, 0.1) is 0 Å². The standard InChI is InChI=1S/C48H59N9O19S/c1-77-15-14-31(45(72)56-35(21-41(67)68)47(74)57-36(48(75)76)18-26-6-12-29(60)13-7-26)52-37(61)22-50-44(71)33(17-25-4-10-28(59)11-5-25)55-46(73)34(20-40(65)66)53-38(62)23-51-43(70)32(16-24-2-8-27(58)9-3-24)54-42(69)30(49)19-39(63)64/h2-13,30-36,58-60H,14-23,49H2,1H3,(H,50,71)(H,51,70)(H,52,61)(H,53,62)(H,54,69)(H,55,73)(H,56,72)(H,57,74)(H,63,64)(H,65,66)(H,67,68)(H,75,76)/t30-,31-,32-,33-,34-,35-,36-/m0/s1. The van der Waals surface area contributed by atoms with Crippen LogP contribution in [0.25, 0.3) is 0 Å². The first kappa shape index (κ1) is 62.3. The Morgan fingerprint density at radius 2 is 0.753 bits per heavy atom. The molecule has 0 aliphatic heterocycles. The zero-order valence-corrected chi connectivity index (χ0v) is 41.9. The lowest BCUT2D eigenvalue weighted by molar-refractivity contribution is -0.143. The van der Waals surface area contributed by atoms with Gasteiger partial charge in [-0.2, -0.15) is 11.8 Å². The van der Waals surface area contributed by atoms with Crippen LogP contribution in [0.3, 0.4) is 0 Å². The van der Waals surface area contributed by atoms with Gasteiger partial charge in [0.25, 0.3) is 0 Å². The third-order valence-corrected chi connectivity index (χ3v) is 11.5. The van der Waals surface area contributed by atoms with E-state index in [0.29, 0.717) is 16.7 Å². The predicted molar refractivity (Wildman–Crippen MR) is 268 cm³/mol. The van der Waals surface area contributed by atoms with Crippen LogP contribution in [0.2, 0.25) is 0 Å². The van der Waals surface area contributed by atoms with Crippen molar-refractivity contribution in [2.75, 3.05) is 25.1 Å². The number of thioether (sulfide) groups is 1. The molecule has 0 bridgehead atoms. The van der Waals surface area contributed by atoms with Gasteiger partial charge in [0.2, 0.25) is 47.3 Å². The summed E-state index contributed by atoms with van der Waals surface area (Å²) < 4.78 is 0. The maximum absolute atomic E-state index is 13.7. The van der Waals surface area contributed by atoms with Gasteiger partial charge in [-0.05, 0) is 71.5 Å². The van der Waals surface area contributed by atoms with E-state index in [2.05, 4.69) is 42.5 Å². The summed E-state index contributed by atoms with van der Waals surface area (Å²) in [7, 11) is 0. The van der Waals surface area contributed by atoms with Crippen LogP contribution in [-0.2, 0) is 76.8 Å². The highest BCUT2D eigenvalue weighted by Gasteiger charge is 2.33. The molecular weight excluding hydrogens is 1040 g/mol. The maximum Gasteiger partial charge on any atom is 0.326 e. The molecule has 0 saturated carbocycles. The number of rotatable bonds is 32. The molecule has 0 spiro atoms. The van der Waals surface area contributed by atoms with Gasteiger partial charge in [-0.25, -0.2) is 4.79 Å². The van der Waals surface area contributed by atoms with E-state index < -0.39 is 146 Å². The number of carboxylic acids is 4. The second-order valence-corrected chi connectivity index (χ2v) is 18.0. The normalized spacial score (nSPS) is 13.5. The van der Waals surface area contributed by atoms with Crippen molar-refractivity contribution in [3.05, 3.63) is 89.5 Å². The van der Waals surface area contributed by atoms with E-state index in [4.69, 9.17) is 10.8 Å². The Morgan fingerprint density at radius 1 is 0.429 bits per heavy atom. The van der Waals surface area contributed by atoms with Gasteiger partial charge in [-0.3, -0.25) is 52.7 Å². The van der Waals surface area contributed by atoms with Crippen molar-refractivity contribution in [1.29, 1.82) is 0 Å². The molecule has 3 rings (SSSR count). The SMILES string of the molecule is CSCC[C@H](NC(=O)CNC(=O)[C@H](Cc1ccc(O)cc1)NC(=O)[C@H](CC(=O)O)NC(=O)CNC(=O)[C@H](Cc1ccc(O)cc1)NC(=O)[C@@H](N)CC(=O)O)C(=O)N[C@@H](CC(=O)O)C(=O)N[C@@H](Cc1ccc(O)cc1)C(=O)O. The molecule has 29 heteroatoms. The Kier molecular flexibility index (Phi) is 25.1. The van der Waals surface area contributed by atoms with Crippen LogP contribution >= 0.6 is 11.8 Å². The lowest BCUT2D eigenvalue weighted by Gasteiger charge is -2.24. The van der Waals surface area contributed by atoms with Crippen molar-refractivity contribution in [2.24, 2.45) is 5.73 Å². The molecule has 77 heavy (non-hydrogen) atoms. The van der Waals surface area contributed by atoms with Crippen LogP contribution in [0.1, 0.15) is 42.4 Å². The van der Waals surface area contributed by atoms with Gasteiger partial charge in [0.05, 0.1) is 38.4 Å². The van der Waals surface area contributed by atoms with E-state index in [-0.39, 0.29) is 48.7 Å². The Balaban J connectivity index is 1.75. The minimum atomic E-state index is -1.92. The number of carboxylic acid groups (broad SMARTS) is 4. The third-order valence-electron chi connectivity index (χ3n) is 10.9. The summed E-state index contributed by atoms with van der Waals surface area (Å²) in [5, 5.41) is 85.1. The van der Waals surface area contributed by atoms with Gasteiger partial charge in [0.15, 0.2) is 0 Å². The number of carbonyl (C=O) groups excluding carboxylic acids is 8. The molecule has 0 unspecified atom stereocenters. The minimum absolute atomic E-state index is 0.104. The highest BCUT2D eigenvalue weighted by atomic mass is 32.2. The maximum atomic E-state index is 13.7. The molecule has 0 fully saturated rings. The molecule has 3 aromatic carbocycles. The number of benzene rings is 3. The van der Waals surface area contributed by atoms with Gasteiger partial charge in [-0.1, -0.05) is 36.4 Å². The van der Waals surface area contributed by atoms with Crippen LogP contribution in [0.4, 0.5) is 0 Å². The summed E-state index contributed by atoms with van der Waals surface area (Å²) in [5.74, 6) is -15.0. The zero-order valence-electron chi connectivity index (χ0n) is 41.1. The van der Waals surface area contributed by atoms with E-state index >= 15 is 0 Å². The molecule has 8 amide bonds. The van der Waals surface area contributed by atoms with Crippen molar-refractivity contribution in [3.8, 4) is 17.2 Å². The van der Waals surface area contributed by atoms with E-state index in [9.17, 15) is 88.2 Å². The summed E-state index contributed by atoms with van der Waals surface area (Å²) in [6.07, 6.45) is -2.22. The molecular formula is C48H59N9O19S. The smallest absolute Gasteiger partial charge is 0.326 e. The molecule has 28 nitrogen and oxygen atoms in total. The van der Waals surface area contributed by atoms with E-state index in [1.54, 1.807) is 6.26 Å². The first-order chi connectivity index (χ1) is 36.3. The van der Waals surface area contributed by atoms with Crippen molar-refractivity contribution < 1.29 is 93.3 Å². The van der Waals surface area contributed by atoms with Gasteiger partial charge in [0, 0.05) is 19.3 Å². The number of phenols is 3. The predicted octanol–water partition coefficient (Wildman–Crippen LogP) is -3.44. The molecule has 0 heterocycles. The lowest BCUT2D eigenvalue weighted by Crippen LogP contribution is -2.58. The number of aliphatic carboxylic acids is 4. The monoisotopic (exact) mass is 1100 g/mol. The summed E-state index contributed by atoms with van der Waals surface area (Å²) in [5.41, 5.74) is 6.74. The van der Waals surface area contributed by atoms with Gasteiger partial charge < -0.3 is 84.0 Å². The molecule has 0 aliphatic carbocycles. The first-order valence-electron chi connectivity index (χ1n) is 23.2. The average Bonchev–Trinajstić information content (AvgIpc) is 3.36. The fourth-order valence-corrected chi connectivity index (χ4v) is 7.41. The Hall–Kier alpha value is -8.99. The summed E-state index contributed by atoms with van der Waals surface area (Å²) in [6, 6.07) is 4.46. The largest absolute Gasteiger partial charge is 0.508 e. The second-order valence-electron chi connectivity index (χ2n) is 17.1. The molecule has 7 atom stereocenters. The van der Waals surface area contributed by atoms with Crippen LogP contribution in [0.5, 0.6) is 17.2 Å². The van der Waals surface area contributed by atoms with Crippen molar-refractivity contribution in [1.82, 2.24) is 42.5 Å². The van der Waals surface area contributed by atoms with E-state index in [1.807, 2.05) is 0 Å². The molecule has 17 N–H and O–H groups in total. The summed E-state index contributed by atoms with van der Waals surface area (Å²) >= 11 is 1.24. The average molecular weight is 1100 g/mol. The van der Waals surface area contributed by atoms with E-state index in [1.165, 1.54) is 84.6 Å². The molecule has 3 aromatic rings. The van der Waals surface area contributed by atoms with Crippen molar-refractivity contribution >= 4 is 82.9 Å². The second kappa shape index (κ2) is 31.0. The number of carbonyl (C=O) groups is 12. The Morgan fingerprint density at radius 3 is 1.13 bits per heavy atom. The molecule has 0 saturated heterocycles. The van der Waals surface area contributed by atoms with Crippen LogP contribution < -0.4 is 48.3 Å². The van der Waals surface area contributed by atoms with Gasteiger partial charge in [0.1, 0.15) is 53.5 Å². The molecule has 0 radical (unpaired) electrons. The third kappa shape index (κ3) is 23.0. The lowest BCUT2D eigenvalue weighted by atomic mass is 10.0. The molecule has 0 aromatic heterocycles. The van der Waals surface area contributed by atoms with Gasteiger partial charge >= 0.3 is 23.9 Å². The van der Waals surface area contributed by atoms with Crippen LogP contribution in [-0.4, -0.2) is 174 Å². The van der Waals surface area contributed by atoms with Gasteiger partial charge in [-0.15, -0.1) is 0 Å². The highest BCUT2D eigenvalue weighted by Crippen LogP contribution is 2.15. The minimum Gasteiger partial charge on any atom is -0.508 e. The summed E-state index contributed by atoms with van der Waals surface area (Å²) in [6.45, 7) is -1.80. The van der Waals surface area contributed by atoms with Crippen molar-refractivity contribution in [2.45, 2.75) is 87.2 Å². The van der Waals surface area contributed by atoms with Crippen LogP contribution in [0.15, 0.2) is 72.8 Å². The number of nitrogens with two attached hydrogens (primary N) is 1. The number of amides is 8.